The van der Waals surface area contributed by atoms with Gasteiger partial charge in [-0.25, -0.2) is 0 Å². The minimum atomic E-state index is -0.916. The molecule has 6 heteroatoms. The molecular formula is C17H18N2O4. The van der Waals surface area contributed by atoms with Gasteiger partial charge in [-0.3, -0.25) is 14.9 Å². The van der Waals surface area contributed by atoms with Crippen molar-refractivity contribution < 1.29 is 14.8 Å². The standard InChI is InChI=1S/C17H18N2O4/c1-18(2)14-9-5-13(6-10-14)16(17(20)21)11-12-3-7-15(8-4-12)19(22)23/h3-10,16H,11H2,1-2H3,(H,20,21). The molecule has 0 aliphatic rings. The van der Waals surface area contributed by atoms with Crippen LogP contribution in [0.3, 0.4) is 0 Å². The fraction of sp³-hybridized carbons (Fsp3) is 0.235. The summed E-state index contributed by atoms with van der Waals surface area (Å²) in [4.78, 5) is 23.7. The Balaban J connectivity index is 2.21. The van der Waals surface area contributed by atoms with E-state index in [1.54, 1.807) is 24.3 Å². The van der Waals surface area contributed by atoms with E-state index in [-0.39, 0.29) is 12.1 Å². The molecule has 0 spiro atoms. The summed E-state index contributed by atoms with van der Waals surface area (Å²) in [6.45, 7) is 0. The van der Waals surface area contributed by atoms with Crippen molar-refractivity contribution in [3.63, 3.8) is 0 Å². The van der Waals surface area contributed by atoms with Gasteiger partial charge < -0.3 is 10.0 Å². The number of rotatable bonds is 6. The number of hydrogen-bond donors (Lipinski definition) is 1. The van der Waals surface area contributed by atoms with E-state index in [4.69, 9.17) is 0 Å². The molecule has 0 saturated carbocycles. The van der Waals surface area contributed by atoms with Crippen molar-refractivity contribution in [3.8, 4) is 0 Å². The van der Waals surface area contributed by atoms with Crippen molar-refractivity contribution in [2.45, 2.75) is 12.3 Å². The van der Waals surface area contributed by atoms with E-state index in [1.165, 1.54) is 12.1 Å². The van der Waals surface area contributed by atoms with E-state index in [0.29, 0.717) is 5.56 Å². The Labute approximate surface area is 134 Å². The van der Waals surface area contributed by atoms with Crippen LogP contribution >= 0.6 is 0 Å². The van der Waals surface area contributed by atoms with Gasteiger partial charge in [-0.1, -0.05) is 24.3 Å². The van der Waals surface area contributed by atoms with E-state index in [1.807, 2.05) is 31.1 Å². The number of nitro benzene ring substituents is 1. The van der Waals surface area contributed by atoms with Crippen molar-refractivity contribution in [2.24, 2.45) is 0 Å². The zero-order valence-electron chi connectivity index (χ0n) is 13.0. The fourth-order valence-corrected chi connectivity index (χ4v) is 2.34. The van der Waals surface area contributed by atoms with Crippen molar-refractivity contribution >= 4 is 17.3 Å². The molecular weight excluding hydrogens is 296 g/mol. The molecule has 0 aliphatic carbocycles. The molecule has 2 aromatic rings. The van der Waals surface area contributed by atoms with Gasteiger partial charge in [0.1, 0.15) is 0 Å². The molecule has 0 radical (unpaired) electrons. The molecule has 0 fully saturated rings. The zero-order valence-corrected chi connectivity index (χ0v) is 13.0. The van der Waals surface area contributed by atoms with Gasteiger partial charge in [0.2, 0.25) is 0 Å². The molecule has 1 unspecified atom stereocenters. The Bertz CT molecular complexity index is 694. The summed E-state index contributed by atoms with van der Waals surface area (Å²) in [6, 6.07) is 13.3. The molecule has 0 bridgehead atoms. The average molecular weight is 314 g/mol. The lowest BCUT2D eigenvalue weighted by atomic mass is 9.92. The quantitative estimate of drug-likeness (QED) is 0.654. The van der Waals surface area contributed by atoms with Crippen LogP contribution in [0, 0.1) is 10.1 Å². The molecule has 0 aliphatic heterocycles. The maximum atomic E-state index is 11.6. The lowest BCUT2D eigenvalue weighted by molar-refractivity contribution is -0.384. The second kappa shape index (κ2) is 6.91. The molecule has 1 atom stereocenters. The highest BCUT2D eigenvalue weighted by molar-refractivity contribution is 5.76. The third kappa shape index (κ3) is 4.06. The van der Waals surface area contributed by atoms with E-state index >= 15 is 0 Å². The maximum Gasteiger partial charge on any atom is 0.311 e. The fourth-order valence-electron chi connectivity index (χ4n) is 2.34. The summed E-state index contributed by atoms with van der Waals surface area (Å²) in [5.41, 5.74) is 2.45. The Morgan fingerprint density at radius 3 is 2.13 bits per heavy atom. The number of anilines is 1. The smallest absolute Gasteiger partial charge is 0.311 e. The van der Waals surface area contributed by atoms with Crippen LogP contribution < -0.4 is 4.90 Å². The van der Waals surface area contributed by atoms with Crippen molar-refractivity contribution in [1.82, 2.24) is 0 Å². The van der Waals surface area contributed by atoms with Crippen LogP contribution in [0.25, 0.3) is 0 Å². The molecule has 0 amide bonds. The summed E-state index contributed by atoms with van der Waals surface area (Å²) in [5.74, 6) is -1.60. The SMILES string of the molecule is CN(C)c1ccc(C(Cc2ccc([N+](=O)[O-])cc2)C(=O)O)cc1. The molecule has 2 rings (SSSR count). The van der Waals surface area contributed by atoms with Gasteiger partial charge in [-0.2, -0.15) is 0 Å². The number of carbonyl (C=O) groups is 1. The minimum Gasteiger partial charge on any atom is -0.481 e. The van der Waals surface area contributed by atoms with E-state index in [0.717, 1.165) is 11.3 Å². The van der Waals surface area contributed by atoms with Crippen LogP contribution in [0.1, 0.15) is 17.0 Å². The number of nitro groups is 1. The average Bonchev–Trinajstić information content (AvgIpc) is 2.53. The first-order valence-corrected chi connectivity index (χ1v) is 7.12. The predicted molar refractivity (Wildman–Crippen MR) is 87.9 cm³/mol. The van der Waals surface area contributed by atoms with Gasteiger partial charge in [0.25, 0.3) is 5.69 Å². The van der Waals surface area contributed by atoms with Gasteiger partial charge in [-0.05, 0) is 29.7 Å². The van der Waals surface area contributed by atoms with Crippen molar-refractivity contribution in [2.75, 3.05) is 19.0 Å². The normalized spacial score (nSPS) is 11.7. The third-order valence-corrected chi connectivity index (χ3v) is 3.70. The van der Waals surface area contributed by atoms with E-state index in [9.17, 15) is 20.0 Å². The summed E-state index contributed by atoms with van der Waals surface area (Å²) < 4.78 is 0. The first-order valence-electron chi connectivity index (χ1n) is 7.12. The van der Waals surface area contributed by atoms with Crippen LogP contribution in [0.2, 0.25) is 0 Å². The summed E-state index contributed by atoms with van der Waals surface area (Å²) in [5, 5.41) is 20.1. The summed E-state index contributed by atoms with van der Waals surface area (Å²) in [7, 11) is 3.83. The molecule has 1 N–H and O–H groups in total. The molecule has 120 valence electrons. The maximum absolute atomic E-state index is 11.6. The van der Waals surface area contributed by atoms with E-state index < -0.39 is 16.8 Å². The number of carboxylic acids is 1. The second-order valence-electron chi connectivity index (χ2n) is 5.50. The summed E-state index contributed by atoms with van der Waals surface area (Å²) >= 11 is 0. The Morgan fingerprint density at radius 1 is 1.13 bits per heavy atom. The Kier molecular flexibility index (Phi) is 4.95. The highest BCUT2D eigenvalue weighted by Gasteiger charge is 2.20. The first kappa shape index (κ1) is 16.5. The van der Waals surface area contributed by atoms with E-state index in [2.05, 4.69) is 0 Å². The van der Waals surface area contributed by atoms with Gasteiger partial charge in [0.15, 0.2) is 0 Å². The largest absolute Gasteiger partial charge is 0.481 e. The van der Waals surface area contributed by atoms with Gasteiger partial charge in [0.05, 0.1) is 10.8 Å². The number of non-ortho nitro benzene ring substituents is 1. The first-order chi connectivity index (χ1) is 10.9. The molecule has 2 aromatic carbocycles. The number of benzene rings is 2. The van der Waals surface area contributed by atoms with Crippen molar-refractivity contribution in [3.05, 3.63) is 69.8 Å². The van der Waals surface area contributed by atoms with Crippen LogP contribution in [-0.4, -0.2) is 30.1 Å². The topological polar surface area (TPSA) is 83.7 Å². The Hall–Kier alpha value is -2.89. The molecule has 23 heavy (non-hydrogen) atoms. The van der Waals surface area contributed by atoms with Crippen LogP contribution in [0.15, 0.2) is 48.5 Å². The molecule has 6 nitrogen and oxygen atoms in total. The lowest BCUT2D eigenvalue weighted by Gasteiger charge is -2.16. The molecule has 0 saturated heterocycles. The van der Waals surface area contributed by atoms with Crippen LogP contribution in [0.4, 0.5) is 11.4 Å². The summed E-state index contributed by atoms with van der Waals surface area (Å²) in [6.07, 6.45) is 0.286. The minimum absolute atomic E-state index is 0.00374. The monoisotopic (exact) mass is 314 g/mol. The predicted octanol–water partition coefficient (Wildman–Crippen LogP) is 3.07. The van der Waals surface area contributed by atoms with Crippen LogP contribution in [-0.2, 0) is 11.2 Å². The highest BCUT2D eigenvalue weighted by Crippen LogP contribution is 2.24. The number of carboxylic acid groups (broad SMARTS) is 1. The Morgan fingerprint density at radius 2 is 1.70 bits per heavy atom. The number of nitrogens with zero attached hydrogens (tertiary/aromatic N) is 2. The second-order valence-corrected chi connectivity index (χ2v) is 5.50. The lowest BCUT2D eigenvalue weighted by Crippen LogP contribution is -2.15. The van der Waals surface area contributed by atoms with Gasteiger partial charge >= 0.3 is 5.97 Å². The van der Waals surface area contributed by atoms with Gasteiger partial charge in [-0.15, -0.1) is 0 Å². The molecule has 0 aromatic heterocycles. The molecule has 0 heterocycles. The van der Waals surface area contributed by atoms with Crippen molar-refractivity contribution in [1.29, 1.82) is 0 Å². The zero-order chi connectivity index (χ0) is 17.0. The van der Waals surface area contributed by atoms with Gasteiger partial charge in [0, 0.05) is 31.9 Å². The third-order valence-electron chi connectivity index (χ3n) is 3.70. The highest BCUT2D eigenvalue weighted by atomic mass is 16.6. The number of aliphatic carboxylic acids is 1. The van der Waals surface area contributed by atoms with Crippen LogP contribution in [0.5, 0.6) is 0 Å². The number of hydrogen-bond acceptors (Lipinski definition) is 4.